The third-order valence-corrected chi connectivity index (χ3v) is 6.62. The van der Waals surface area contributed by atoms with Crippen LogP contribution in [-0.2, 0) is 17.6 Å². The van der Waals surface area contributed by atoms with Gasteiger partial charge in [0.05, 0.1) is 17.7 Å². The summed E-state index contributed by atoms with van der Waals surface area (Å²) in [7, 11) is 0. The Hall–Kier alpha value is -2.74. The van der Waals surface area contributed by atoms with E-state index >= 15 is 0 Å². The van der Waals surface area contributed by atoms with Crippen LogP contribution in [0.3, 0.4) is 0 Å². The zero-order chi connectivity index (χ0) is 22.1. The maximum absolute atomic E-state index is 12.8. The van der Waals surface area contributed by atoms with Crippen LogP contribution in [0.5, 0.6) is 0 Å². The van der Waals surface area contributed by atoms with E-state index in [0.717, 1.165) is 29.7 Å². The average Bonchev–Trinajstić information content (AvgIpc) is 3.04. The second-order valence-corrected chi connectivity index (χ2v) is 9.50. The van der Waals surface area contributed by atoms with Gasteiger partial charge in [-0.1, -0.05) is 20.8 Å². The number of aromatic nitrogens is 1. The smallest absolute Gasteiger partial charge is 0.341 e. The van der Waals surface area contributed by atoms with Crippen molar-refractivity contribution in [1.29, 1.82) is 0 Å². The molecule has 1 aliphatic carbocycles. The maximum atomic E-state index is 12.8. The van der Waals surface area contributed by atoms with Gasteiger partial charge in [-0.2, -0.15) is 0 Å². The second-order valence-electron chi connectivity index (χ2n) is 8.39. The standard InChI is InChI=1S/C22H26N2O5S/c1-5-29-21(28)16-13-9-8-12(22(2,3)4)11-15(13)30-19(16)24-18(25)17-14(20(26)27)7-6-10-23-17/h6-7,10,12H,5,8-9,11H2,1-4H3,(H,24,25)(H,26,27). The highest BCUT2D eigenvalue weighted by Crippen LogP contribution is 2.44. The number of hydrogen-bond donors (Lipinski definition) is 2. The Labute approximate surface area is 179 Å². The number of fused-ring (bicyclic) bond motifs is 1. The first-order chi connectivity index (χ1) is 14.1. The molecule has 0 fully saturated rings. The molecule has 1 atom stereocenters. The van der Waals surface area contributed by atoms with Gasteiger partial charge in [-0.05, 0) is 55.2 Å². The number of ether oxygens (including phenoxy) is 1. The number of carboxylic acid groups (broad SMARTS) is 1. The van der Waals surface area contributed by atoms with E-state index in [9.17, 15) is 19.5 Å². The monoisotopic (exact) mass is 430 g/mol. The van der Waals surface area contributed by atoms with Crippen LogP contribution in [0.2, 0.25) is 0 Å². The summed E-state index contributed by atoms with van der Waals surface area (Å²) in [6.07, 6.45) is 3.88. The van der Waals surface area contributed by atoms with Crippen LogP contribution in [-0.4, -0.2) is 34.5 Å². The van der Waals surface area contributed by atoms with Crippen molar-refractivity contribution in [2.75, 3.05) is 11.9 Å². The molecule has 0 spiro atoms. The molecule has 0 saturated carbocycles. The Balaban J connectivity index is 1.99. The number of anilines is 1. The summed E-state index contributed by atoms with van der Waals surface area (Å²) in [5, 5.41) is 12.5. The van der Waals surface area contributed by atoms with E-state index in [2.05, 4.69) is 31.1 Å². The lowest BCUT2D eigenvalue weighted by atomic mass is 9.72. The molecule has 0 saturated heterocycles. The number of carboxylic acids is 1. The first kappa shape index (κ1) is 22.0. The molecule has 3 rings (SSSR count). The van der Waals surface area contributed by atoms with Crippen molar-refractivity contribution in [2.24, 2.45) is 11.3 Å². The Morgan fingerprint density at radius 2 is 2.07 bits per heavy atom. The normalized spacial score (nSPS) is 15.9. The summed E-state index contributed by atoms with van der Waals surface area (Å²) in [4.78, 5) is 42.0. The molecular formula is C22H26N2O5S. The molecule has 0 bridgehead atoms. The van der Waals surface area contributed by atoms with Gasteiger partial charge >= 0.3 is 11.9 Å². The summed E-state index contributed by atoms with van der Waals surface area (Å²) in [5.74, 6) is -1.91. The Kier molecular flexibility index (Phi) is 6.26. The summed E-state index contributed by atoms with van der Waals surface area (Å²) >= 11 is 1.37. The number of amides is 1. The van der Waals surface area contributed by atoms with E-state index in [1.54, 1.807) is 6.92 Å². The summed E-state index contributed by atoms with van der Waals surface area (Å²) < 4.78 is 5.24. The van der Waals surface area contributed by atoms with Gasteiger partial charge in [0.1, 0.15) is 10.7 Å². The minimum atomic E-state index is -1.24. The van der Waals surface area contributed by atoms with E-state index in [0.29, 0.717) is 16.5 Å². The molecule has 7 nitrogen and oxygen atoms in total. The van der Waals surface area contributed by atoms with Gasteiger partial charge in [0.2, 0.25) is 0 Å². The van der Waals surface area contributed by atoms with Crippen molar-refractivity contribution in [3.8, 4) is 0 Å². The number of rotatable bonds is 5. The maximum Gasteiger partial charge on any atom is 0.341 e. The highest BCUT2D eigenvalue weighted by atomic mass is 32.1. The highest BCUT2D eigenvalue weighted by Gasteiger charge is 2.34. The summed E-state index contributed by atoms with van der Waals surface area (Å²) in [6, 6.07) is 2.78. The number of pyridine rings is 1. The molecule has 1 aliphatic rings. The van der Waals surface area contributed by atoms with Gasteiger partial charge in [-0.3, -0.25) is 9.78 Å². The lowest BCUT2D eigenvalue weighted by Gasteiger charge is -2.33. The van der Waals surface area contributed by atoms with Crippen molar-refractivity contribution in [3.05, 3.63) is 45.6 Å². The zero-order valence-electron chi connectivity index (χ0n) is 17.6. The highest BCUT2D eigenvalue weighted by molar-refractivity contribution is 7.17. The van der Waals surface area contributed by atoms with Crippen molar-refractivity contribution >= 4 is 34.2 Å². The van der Waals surface area contributed by atoms with Gasteiger partial charge in [0.25, 0.3) is 5.91 Å². The molecule has 2 aromatic rings. The minimum Gasteiger partial charge on any atom is -0.478 e. The molecule has 160 valence electrons. The van der Waals surface area contributed by atoms with E-state index < -0.39 is 17.8 Å². The fourth-order valence-corrected chi connectivity index (χ4v) is 5.06. The van der Waals surface area contributed by atoms with Crippen LogP contribution >= 0.6 is 11.3 Å². The van der Waals surface area contributed by atoms with Crippen LogP contribution < -0.4 is 5.32 Å². The number of aromatic carboxylic acids is 1. The van der Waals surface area contributed by atoms with Gasteiger partial charge in [-0.25, -0.2) is 9.59 Å². The molecule has 8 heteroatoms. The van der Waals surface area contributed by atoms with Gasteiger partial charge in [-0.15, -0.1) is 11.3 Å². The predicted octanol–water partition coefficient (Wildman–Crippen LogP) is 4.42. The second kappa shape index (κ2) is 8.55. The van der Waals surface area contributed by atoms with Crippen LogP contribution in [0.15, 0.2) is 18.3 Å². The third kappa shape index (κ3) is 4.38. The number of nitrogens with one attached hydrogen (secondary N) is 1. The molecular weight excluding hydrogens is 404 g/mol. The first-order valence-corrected chi connectivity index (χ1v) is 10.8. The van der Waals surface area contributed by atoms with Gasteiger partial charge in [0, 0.05) is 11.1 Å². The van der Waals surface area contributed by atoms with E-state index in [4.69, 9.17) is 4.74 Å². The number of hydrogen-bond acceptors (Lipinski definition) is 6. The summed E-state index contributed by atoms with van der Waals surface area (Å²) in [6.45, 7) is 8.58. The van der Waals surface area contributed by atoms with E-state index in [1.807, 2.05) is 0 Å². The predicted molar refractivity (Wildman–Crippen MR) is 114 cm³/mol. The molecule has 2 N–H and O–H groups in total. The first-order valence-electron chi connectivity index (χ1n) is 9.94. The average molecular weight is 431 g/mol. The Bertz CT molecular complexity index is 990. The SMILES string of the molecule is CCOC(=O)c1c(NC(=O)c2ncccc2C(=O)O)sc2c1CCC(C(C)(C)C)C2. The topological polar surface area (TPSA) is 106 Å². The number of carbonyl (C=O) groups is 3. The van der Waals surface area contributed by atoms with Crippen molar-refractivity contribution in [3.63, 3.8) is 0 Å². The lowest BCUT2D eigenvalue weighted by molar-refractivity contribution is 0.0525. The van der Waals surface area contributed by atoms with E-state index in [1.165, 1.54) is 29.7 Å². The molecule has 1 unspecified atom stereocenters. The largest absolute Gasteiger partial charge is 0.478 e. The molecule has 1 amide bonds. The number of esters is 1. The van der Waals surface area contributed by atoms with Gasteiger partial charge in [0.15, 0.2) is 0 Å². The lowest BCUT2D eigenvalue weighted by Crippen LogP contribution is -2.26. The van der Waals surface area contributed by atoms with Crippen LogP contribution in [0, 0.1) is 11.3 Å². The van der Waals surface area contributed by atoms with Crippen molar-refractivity contribution in [2.45, 2.75) is 47.0 Å². The molecule has 0 aliphatic heterocycles. The van der Waals surface area contributed by atoms with Crippen LogP contribution in [0.4, 0.5) is 5.00 Å². The van der Waals surface area contributed by atoms with Crippen molar-refractivity contribution in [1.82, 2.24) is 4.98 Å². The molecule has 0 aromatic carbocycles. The molecule has 30 heavy (non-hydrogen) atoms. The Morgan fingerprint density at radius 1 is 1.33 bits per heavy atom. The molecule has 2 aromatic heterocycles. The fraction of sp³-hybridized carbons (Fsp3) is 0.455. The Morgan fingerprint density at radius 3 is 2.70 bits per heavy atom. The van der Waals surface area contributed by atoms with Crippen LogP contribution in [0.25, 0.3) is 0 Å². The number of thiophene rings is 1. The number of carbonyl (C=O) groups excluding carboxylic acids is 2. The minimum absolute atomic E-state index is 0.138. The van der Waals surface area contributed by atoms with Crippen LogP contribution in [0.1, 0.15) is 75.8 Å². The number of nitrogens with zero attached hydrogens (tertiary/aromatic N) is 1. The molecule has 2 heterocycles. The fourth-order valence-electron chi connectivity index (χ4n) is 3.75. The zero-order valence-corrected chi connectivity index (χ0v) is 18.4. The molecule has 0 radical (unpaired) electrons. The quantitative estimate of drug-likeness (QED) is 0.680. The third-order valence-electron chi connectivity index (χ3n) is 5.45. The van der Waals surface area contributed by atoms with Crippen molar-refractivity contribution < 1.29 is 24.2 Å². The van der Waals surface area contributed by atoms with Gasteiger partial charge < -0.3 is 15.2 Å². The summed E-state index contributed by atoms with van der Waals surface area (Å²) in [5.41, 5.74) is 1.05. The van der Waals surface area contributed by atoms with E-state index in [-0.39, 0.29) is 23.3 Å².